The smallest absolute Gasteiger partial charge is 0.0931 e. The van der Waals surface area contributed by atoms with E-state index in [9.17, 15) is 0 Å². The molecule has 1 aromatic carbocycles. The summed E-state index contributed by atoms with van der Waals surface area (Å²) >= 11 is 5.23. The van der Waals surface area contributed by atoms with Gasteiger partial charge in [-0.15, -0.1) is 11.3 Å². The summed E-state index contributed by atoms with van der Waals surface area (Å²) in [4.78, 5) is 4.51. The lowest BCUT2D eigenvalue weighted by Gasteiger charge is -2.13. The van der Waals surface area contributed by atoms with Crippen LogP contribution in [-0.2, 0) is 12.8 Å². The molecule has 0 saturated carbocycles. The van der Waals surface area contributed by atoms with E-state index in [0.29, 0.717) is 12.5 Å². The maximum absolute atomic E-state index is 5.88. The van der Waals surface area contributed by atoms with E-state index in [0.717, 1.165) is 23.0 Å². The zero-order chi connectivity index (χ0) is 13.0. The molecule has 0 aliphatic carbocycles. The van der Waals surface area contributed by atoms with Crippen molar-refractivity contribution in [3.05, 3.63) is 50.4 Å². The number of hydrogen-bond donors (Lipinski definition) is 1. The first-order valence-electron chi connectivity index (χ1n) is 6.03. The van der Waals surface area contributed by atoms with Gasteiger partial charge in [0.25, 0.3) is 0 Å². The number of nitrogens with two attached hydrogens (primary N) is 1. The first-order valence-corrected chi connectivity index (χ1v) is 7.70. The summed E-state index contributed by atoms with van der Waals surface area (Å²) < 4.78 is 1.13. The second-order valence-corrected chi connectivity index (χ2v) is 6.38. The van der Waals surface area contributed by atoms with Crippen LogP contribution in [0.3, 0.4) is 0 Å². The normalized spacial score (nSPS) is 12.6. The summed E-state index contributed by atoms with van der Waals surface area (Å²) in [6.45, 7) is 2.73. The third-order valence-corrected chi connectivity index (χ3v) is 4.36. The van der Waals surface area contributed by atoms with Crippen molar-refractivity contribution < 1.29 is 0 Å². The Morgan fingerprint density at radius 2 is 2.22 bits per heavy atom. The van der Waals surface area contributed by atoms with Crippen molar-refractivity contribution in [1.82, 2.24) is 4.98 Å². The summed E-state index contributed by atoms with van der Waals surface area (Å²) in [6.07, 6.45) is 1.98. The fourth-order valence-electron chi connectivity index (χ4n) is 1.98. The molecule has 1 aromatic heterocycles. The highest BCUT2D eigenvalue weighted by molar-refractivity contribution is 9.10. The van der Waals surface area contributed by atoms with Gasteiger partial charge in [0.15, 0.2) is 0 Å². The molecule has 0 aliphatic heterocycles. The van der Waals surface area contributed by atoms with Crippen molar-refractivity contribution in [2.45, 2.75) is 19.8 Å². The minimum absolute atomic E-state index is 0.463. The quantitative estimate of drug-likeness (QED) is 0.913. The van der Waals surface area contributed by atoms with Crippen molar-refractivity contribution in [3.63, 3.8) is 0 Å². The highest BCUT2D eigenvalue weighted by atomic mass is 79.9. The van der Waals surface area contributed by atoms with Gasteiger partial charge >= 0.3 is 0 Å². The minimum atomic E-state index is 0.463. The SMILES string of the molecule is Cc1csc(CC(CN)Cc2cccc(Br)c2)n1. The Balaban J connectivity index is 2.01. The number of aromatic nitrogens is 1. The Bertz CT molecular complexity index is 510. The number of hydrogen-bond acceptors (Lipinski definition) is 3. The first kappa shape index (κ1) is 13.7. The van der Waals surface area contributed by atoms with Gasteiger partial charge in [0.2, 0.25) is 0 Å². The van der Waals surface area contributed by atoms with Crippen LogP contribution in [0.2, 0.25) is 0 Å². The molecule has 2 N–H and O–H groups in total. The molecule has 0 spiro atoms. The van der Waals surface area contributed by atoms with E-state index in [2.05, 4.69) is 44.5 Å². The van der Waals surface area contributed by atoms with Gasteiger partial charge in [-0.2, -0.15) is 0 Å². The van der Waals surface area contributed by atoms with Gasteiger partial charge in [0.05, 0.1) is 5.01 Å². The van der Waals surface area contributed by atoms with E-state index in [1.165, 1.54) is 10.6 Å². The predicted octanol–water partition coefficient (Wildman–Crippen LogP) is 3.57. The van der Waals surface area contributed by atoms with Crippen LogP contribution in [0.15, 0.2) is 34.1 Å². The van der Waals surface area contributed by atoms with Crippen LogP contribution in [0.1, 0.15) is 16.3 Å². The average Bonchev–Trinajstić information content (AvgIpc) is 2.74. The van der Waals surface area contributed by atoms with Crippen LogP contribution in [0.25, 0.3) is 0 Å². The van der Waals surface area contributed by atoms with E-state index < -0.39 is 0 Å². The molecule has 0 saturated heterocycles. The topological polar surface area (TPSA) is 38.9 Å². The predicted molar refractivity (Wildman–Crippen MR) is 80.9 cm³/mol. The monoisotopic (exact) mass is 324 g/mol. The number of halogens is 1. The Labute approximate surface area is 120 Å². The van der Waals surface area contributed by atoms with Gasteiger partial charge in [-0.1, -0.05) is 28.1 Å². The fraction of sp³-hybridized carbons (Fsp3) is 0.357. The number of aryl methyl sites for hydroxylation is 1. The summed E-state index contributed by atoms with van der Waals surface area (Å²) in [5.74, 6) is 0.463. The lowest BCUT2D eigenvalue weighted by atomic mass is 9.96. The maximum Gasteiger partial charge on any atom is 0.0931 e. The zero-order valence-corrected chi connectivity index (χ0v) is 12.8. The third-order valence-electron chi connectivity index (χ3n) is 2.88. The highest BCUT2D eigenvalue weighted by Crippen LogP contribution is 2.19. The summed E-state index contributed by atoms with van der Waals surface area (Å²) in [5, 5.41) is 3.29. The molecule has 4 heteroatoms. The molecule has 18 heavy (non-hydrogen) atoms. The van der Waals surface area contributed by atoms with Gasteiger partial charge in [-0.05, 0) is 43.5 Å². The first-order chi connectivity index (χ1) is 8.67. The van der Waals surface area contributed by atoms with Crippen molar-refractivity contribution in [2.24, 2.45) is 11.7 Å². The maximum atomic E-state index is 5.88. The number of rotatable bonds is 5. The summed E-state index contributed by atoms with van der Waals surface area (Å²) in [5.41, 5.74) is 8.31. The number of nitrogens with zero attached hydrogens (tertiary/aromatic N) is 1. The molecule has 0 fully saturated rings. The van der Waals surface area contributed by atoms with Crippen molar-refractivity contribution in [3.8, 4) is 0 Å². The molecular formula is C14H17BrN2S. The van der Waals surface area contributed by atoms with Gasteiger partial charge in [-0.3, -0.25) is 0 Å². The average molecular weight is 325 g/mol. The lowest BCUT2D eigenvalue weighted by molar-refractivity contribution is 0.531. The largest absolute Gasteiger partial charge is 0.330 e. The van der Waals surface area contributed by atoms with Crippen LogP contribution in [0.4, 0.5) is 0 Å². The number of benzene rings is 1. The molecule has 1 unspecified atom stereocenters. The highest BCUT2D eigenvalue weighted by Gasteiger charge is 2.11. The zero-order valence-electron chi connectivity index (χ0n) is 10.4. The van der Waals surface area contributed by atoms with E-state index in [1.807, 2.05) is 13.0 Å². The van der Waals surface area contributed by atoms with E-state index in [-0.39, 0.29) is 0 Å². The summed E-state index contributed by atoms with van der Waals surface area (Å²) in [6, 6.07) is 8.43. The standard InChI is InChI=1S/C14H17BrN2S/c1-10-9-18-14(17-10)7-12(8-16)5-11-3-2-4-13(15)6-11/h2-4,6,9,12H,5,7-8,16H2,1H3. The Morgan fingerprint density at radius 1 is 1.39 bits per heavy atom. The van der Waals surface area contributed by atoms with Crippen LogP contribution in [0.5, 0.6) is 0 Å². The van der Waals surface area contributed by atoms with Gasteiger partial charge in [-0.25, -0.2) is 4.98 Å². The van der Waals surface area contributed by atoms with Crippen molar-refractivity contribution in [2.75, 3.05) is 6.54 Å². The van der Waals surface area contributed by atoms with Crippen LogP contribution < -0.4 is 5.73 Å². The molecule has 0 aliphatic rings. The molecule has 0 amide bonds. The lowest BCUT2D eigenvalue weighted by Crippen LogP contribution is -2.19. The second-order valence-electron chi connectivity index (χ2n) is 4.52. The van der Waals surface area contributed by atoms with Crippen molar-refractivity contribution in [1.29, 1.82) is 0 Å². The molecule has 2 nitrogen and oxygen atoms in total. The third kappa shape index (κ3) is 3.90. The fourth-order valence-corrected chi connectivity index (χ4v) is 3.31. The molecule has 0 bridgehead atoms. The van der Waals surface area contributed by atoms with Crippen LogP contribution in [-0.4, -0.2) is 11.5 Å². The second kappa shape index (κ2) is 6.45. The summed E-state index contributed by atoms with van der Waals surface area (Å²) in [7, 11) is 0. The molecule has 2 rings (SSSR count). The minimum Gasteiger partial charge on any atom is -0.330 e. The van der Waals surface area contributed by atoms with E-state index in [4.69, 9.17) is 5.73 Å². The van der Waals surface area contributed by atoms with E-state index in [1.54, 1.807) is 11.3 Å². The van der Waals surface area contributed by atoms with E-state index >= 15 is 0 Å². The molecule has 1 atom stereocenters. The number of thiazole rings is 1. The van der Waals surface area contributed by atoms with Crippen LogP contribution >= 0.6 is 27.3 Å². The molecule has 96 valence electrons. The molecule has 0 radical (unpaired) electrons. The molecular weight excluding hydrogens is 308 g/mol. The Morgan fingerprint density at radius 3 is 2.83 bits per heavy atom. The van der Waals surface area contributed by atoms with Crippen LogP contribution in [0, 0.1) is 12.8 Å². The van der Waals surface area contributed by atoms with Gasteiger partial charge in [0.1, 0.15) is 0 Å². The Kier molecular flexibility index (Phi) is 4.92. The van der Waals surface area contributed by atoms with Gasteiger partial charge < -0.3 is 5.73 Å². The van der Waals surface area contributed by atoms with Crippen molar-refractivity contribution >= 4 is 27.3 Å². The van der Waals surface area contributed by atoms with Gasteiger partial charge in [0, 0.05) is 22.0 Å². The Hall–Kier alpha value is -0.710. The molecule has 2 aromatic rings. The molecule has 1 heterocycles.